The zero-order valence-corrected chi connectivity index (χ0v) is 10.2. The molecule has 0 bridgehead atoms. The first-order valence-corrected chi connectivity index (χ1v) is 6.83. The predicted molar refractivity (Wildman–Crippen MR) is 60.9 cm³/mol. The van der Waals surface area contributed by atoms with Crippen LogP contribution < -0.4 is 4.72 Å². The van der Waals surface area contributed by atoms with E-state index in [1.165, 1.54) is 0 Å². The Morgan fingerprint density at radius 3 is 2.33 bits per heavy atom. The van der Waals surface area contributed by atoms with Gasteiger partial charge in [-0.05, 0) is 37.1 Å². The third kappa shape index (κ3) is 2.51. The lowest BCUT2D eigenvalue weighted by atomic mass is 10.1. The Kier molecular flexibility index (Phi) is 3.12. The molecule has 0 unspecified atom stereocenters. The van der Waals surface area contributed by atoms with E-state index in [4.69, 9.17) is 5.11 Å². The maximum Gasteiger partial charge on any atom is 0.310 e. The number of nitrogens with one attached hydrogen (secondary N) is 1. The van der Waals surface area contributed by atoms with Gasteiger partial charge in [0.2, 0.25) is 10.0 Å². The molecule has 1 saturated carbocycles. The van der Waals surface area contributed by atoms with Gasteiger partial charge in [0.25, 0.3) is 0 Å². The number of benzene rings is 1. The highest BCUT2D eigenvalue weighted by atomic mass is 32.2. The summed E-state index contributed by atoms with van der Waals surface area (Å²) in [5.41, 5.74) is -0.965. The van der Waals surface area contributed by atoms with Gasteiger partial charge in [0.1, 0.15) is 5.82 Å². The number of carbonyl (C=O) groups is 1. The van der Waals surface area contributed by atoms with Crippen molar-refractivity contribution in [1.82, 2.24) is 4.72 Å². The molecule has 2 rings (SSSR count). The van der Waals surface area contributed by atoms with Crippen molar-refractivity contribution < 1.29 is 22.7 Å². The van der Waals surface area contributed by atoms with Gasteiger partial charge in [0.15, 0.2) is 0 Å². The summed E-state index contributed by atoms with van der Waals surface area (Å²) in [6, 6.07) is 4.35. The Bertz CT molecular complexity index is 563. The highest BCUT2D eigenvalue weighted by Crippen LogP contribution is 2.45. The molecule has 0 aromatic heterocycles. The molecule has 18 heavy (non-hydrogen) atoms. The fourth-order valence-corrected chi connectivity index (χ4v) is 2.67. The molecule has 2 N–H and O–H groups in total. The molecule has 1 aliphatic rings. The number of carboxylic acid groups (broad SMARTS) is 1. The third-order valence-corrected chi connectivity index (χ3v) is 4.45. The molecule has 0 heterocycles. The molecule has 1 aromatic carbocycles. The lowest BCUT2D eigenvalue weighted by molar-refractivity contribution is -0.143. The Morgan fingerprint density at radius 2 is 1.89 bits per heavy atom. The van der Waals surface area contributed by atoms with Gasteiger partial charge in [-0.25, -0.2) is 17.5 Å². The normalized spacial score (nSPS) is 17.4. The first-order chi connectivity index (χ1) is 8.36. The lowest BCUT2D eigenvalue weighted by Gasteiger charge is -2.11. The lowest BCUT2D eigenvalue weighted by Crippen LogP contribution is -2.34. The van der Waals surface area contributed by atoms with Gasteiger partial charge in [-0.15, -0.1) is 0 Å². The second-order valence-electron chi connectivity index (χ2n) is 4.36. The fourth-order valence-electron chi connectivity index (χ4n) is 1.55. The van der Waals surface area contributed by atoms with E-state index in [-0.39, 0.29) is 11.4 Å². The van der Waals surface area contributed by atoms with Crippen LogP contribution in [0.25, 0.3) is 0 Å². The van der Waals surface area contributed by atoms with Crippen molar-refractivity contribution in [3.05, 3.63) is 30.1 Å². The molecule has 1 aliphatic carbocycles. The third-order valence-electron chi connectivity index (χ3n) is 3.03. The molecule has 0 saturated heterocycles. The molecule has 0 amide bonds. The van der Waals surface area contributed by atoms with Crippen molar-refractivity contribution in [2.24, 2.45) is 5.41 Å². The number of hydrogen-bond acceptors (Lipinski definition) is 3. The minimum absolute atomic E-state index is 0.0786. The van der Waals surface area contributed by atoms with Gasteiger partial charge in [0.05, 0.1) is 10.3 Å². The standard InChI is InChI=1S/C11H12FNO4S/c12-8-1-3-9(4-2-8)18(16,17)13-7-11(5-6-11)10(14)15/h1-4,13H,5-7H2,(H,14,15). The molecular weight excluding hydrogens is 261 g/mol. The van der Waals surface area contributed by atoms with Crippen molar-refractivity contribution in [2.45, 2.75) is 17.7 Å². The quantitative estimate of drug-likeness (QED) is 0.837. The zero-order valence-electron chi connectivity index (χ0n) is 9.39. The molecule has 0 aliphatic heterocycles. The van der Waals surface area contributed by atoms with E-state index in [1.54, 1.807) is 0 Å². The van der Waals surface area contributed by atoms with Crippen LogP contribution in [0.1, 0.15) is 12.8 Å². The Balaban J connectivity index is 2.09. The summed E-state index contributed by atoms with van der Waals surface area (Å²) in [4.78, 5) is 10.8. The smallest absolute Gasteiger partial charge is 0.310 e. The number of aliphatic carboxylic acids is 1. The highest BCUT2D eigenvalue weighted by Gasteiger charge is 2.50. The van der Waals surface area contributed by atoms with Crippen LogP contribution in [0.3, 0.4) is 0 Å². The van der Waals surface area contributed by atoms with Gasteiger partial charge < -0.3 is 5.11 Å². The average Bonchev–Trinajstić information content (AvgIpc) is 3.08. The summed E-state index contributed by atoms with van der Waals surface area (Å²) in [6.45, 7) is -0.137. The van der Waals surface area contributed by atoms with Crippen molar-refractivity contribution in [3.63, 3.8) is 0 Å². The van der Waals surface area contributed by atoms with E-state index in [0.29, 0.717) is 12.8 Å². The summed E-state index contributed by atoms with van der Waals surface area (Å²) >= 11 is 0. The number of carboxylic acids is 1. The monoisotopic (exact) mass is 273 g/mol. The Hall–Kier alpha value is -1.47. The van der Waals surface area contributed by atoms with Gasteiger partial charge in [0, 0.05) is 6.54 Å². The van der Waals surface area contributed by atoms with E-state index in [0.717, 1.165) is 24.3 Å². The van der Waals surface area contributed by atoms with Crippen LogP contribution >= 0.6 is 0 Å². The molecule has 0 atom stereocenters. The van der Waals surface area contributed by atoms with Crippen molar-refractivity contribution >= 4 is 16.0 Å². The van der Waals surface area contributed by atoms with Gasteiger partial charge in [-0.2, -0.15) is 0 Å². The number of sulfonamides is 1. The maximum atomic E-state index is 12.7. The van der Waals surface area contributed by atoms with Gasteiger partial charge >= 0.3 is 5.97 Å². The number of halogens is 1. The van der Waals surface area contributed by atoms with Crippen molar-refractivity contribution in [1.29, 1.82) is 0 Å². The van der Waals surface area contributed by atoms with Crippen LogP contribution in [0.5, 0.6) is 0 Å². The van der Waals surface area contributed by atoms with E-state index in [2.05, 4.69) is 4.72 Å². The van der Waals surface area contributed by atoms with Crippen LogP contribution in [-0.2, 0) is 14.8 Å². The Morgan fingerprint density at radius 1 is 1.33 bits per heavy atom. The molecule has 5 nitrogen and oxygen atoms in total. The Labute approximate surface area is 104 Å². The topological polar surface area (TPSA) is 83.5 Å². The molecular formula is C11H12FNO4S. The fraction of sp³-hybridized carbons (Fsp3) is 0.364. The molecule has 98 valence electrons. The average molecular weight is 273 g/mol. The summed E-state index contributed by atoms with van der Waals surface area (Å²) in [5, 5.41) is 8.92. The van der Waals surface area contributed by atoms with Crippen LogP contribution in [0.15, 0.2) is 29.2 Å². The minimum Gasteiger partial charge on any atom is -0.481 e. The van der Waals surface area contributed by atoms with Crippen LogP contribution in [-0.4, -0.2) is 26.0 Å². The van der Waals surface area contributed by atoms with Crippen molar-refractivity contribution in [2.75, 3.05) is 6.54 Å². The van der Waals surface area contributed by atoms with Crippen LogP contribution in [0.4, 0.5) is 4.39 Å². The molecule has 7 heteroatoms. The van der Waals surface area contributed by atoms with Crippen molar-refractivity contribution in [3.8, 4) is 0 Å². The van der Waals surface area contributed by atoms with Crippen LogP contribution in [0.2, 0.25) is 0 Å². The minimum atomic E-state index is -3.78. The zero-order chi connectivity index (χ0) is 13.4. The van der Waals surface area contributed by atoms with E-state index in [9.17, 15) is 17.6 Å². The maximum absolute atomic E-state index is 12.7. The largest absolute Gasteiger partial charge is 0.481 e. The SMILES string of the molecule is O=C(O)C1(CNS(=O)(=O)c2ccc(F)cc2)CC1. The molecule has 0 radical (unpaired) electrons. The highest BCUT2D eigenvalue weighted by molar-refractivity contribution is 7.89. The summed E-state index contributed by atoms with van der Waals surface area (Å²) in [6.07, 6.45) is 0.933. The second-order valence-corrected chi connectivity index (χ2v) is 6.13. The van der Waals surface area contributed by atoms with E-state index < -0.39 is 27.2 Å². The van der Waals surface area contributed by atoms with Gasteiger partial charge in [-0.3, -0.25) is 4.79 Å². The molecule has 1 fully saturated rings. The second kappa shape index (κ2) is 4.33. The predicted octanol–water partition coefficient (Wildman–Crippen LogP) is 0.969. The van der Waals surface area contributed by atoms with E-state index >= 15 is 0 Å². The summed E-state index contributed by atoms with van der Waals surface area (Å²) < 4.78 is 38.5. The van der Waals surface area contributed by atoms with Gasteiger partial charge in [-0.1, -0.05) is 0 Å². The van der Waals surface area contributed by atoms with E-state index in [1.807, 2.05) is 0 Å². The summed E-state index contributed by atoms with van der Waals surface area (Å²) in [7, 11) is -3.78. The first kappa shape index (κ1) is 13.0. The summed E-state index contributed by atoms with van der Waals surface area (Å²) in [5.74, 6) is -1.53. The molecule has 0 spiro atoms. The number of rotatable bonds is 5. The number of hydrogen-bond donors (Lipinski definition) is 2. The first-order valence-electron chi connectivity index (χ1n) is 5.34. The molecule has 1 aromatic rings. The van der Waals surface area contributed by atoms with Crippen LogP contribution in [0, 0.1) is 11.2 Å².